The van der Waals surface area contributed by atoms with E-state index >= 15 is 0 Å². The summed E-state index contributed by atoms with van der Waals surface area (Å²) in [6.45, 7) is 4.62. The summed E-state index contributed by atoms with van der Waals surface area (Å²) in [4.78, 5) is 26.1. The number of para-hydroxylation sites is 1. The average Bonchev–Trinajstić information content (AvgIpc) is 3.43. The molecule has 4 rings (SSSR count). The maximum atomic E-state index is 13.1. The molecule has 0 aliphatic rings. The Hall–Kier alpha value is -3.72. The molecule has 1 unspecified atom stereocenters. The van der Waals surface area contributed by atoms with Crippen molar-refractivity contribution in [1.82, 2.24) is 24.1 Å². The maximum absolute atomic E-state index is 13.1. The van der Waals surface area contributed by atoms with Crippen LogP contribution < -0.4 is 10.9 Å². The van der Waals surface area contributed by atoms with Crippen molar-refractivity contribution in [2.75, 3.05) is 11.9 Å². The van der Waals surface area contributed by atoms with Gasteiger partial charge in [-0.1, -0.05) is 32.0 Å². The monoisotopic (exact) mass is 448 g/mol. The fraction of sp³-hybridized carbons (Fsp3) is 0.333. The summed E-state index contributed by atoms with van der Waals surface area (Å²) in [6, 6.07) is 12.3. The summed E-state index contributed by atoms with van der Waals surface area (Å²) >= 11 is 0. The van der Waals surface area contributed by atoms with E-state index in [1.165, 1.54) is 10.7 Å². The Bertz CT molecular complexity index is 1300. The first-order chi connectivity index (χ1) is 16.0. The van der Waals surface area contributed by atoms with E-state index in [0.717, 1.165) is 10.9 Å². The molecule has 9 heteroatoms. The zero-order chi connectivity index (χ0) is 23.4. The van der Waals surface area contributed by atoms with Crippen molar-refractivity contribution in [1.29, 1.82) is 0 Å². The van der Waals surface area contributed by atoms with E-state index in [1.54, 1.807) is 23.1 Å². The van der Waals surface area contributed by atoms with Crippen molar-refractivity contribution in [3.05, 3.63) is 71.4 Å². The minimum atomic E-state index is -0.768. The Morgan fingerprint density at radius 1 is 1.15 bits per heavy atom. The zero-order valence-electron chi connectivity index (χ0n) is 18.8. The molecule has 2 N–H and O–H groups in total. The van der Waals surface area contributed by atoms with E-state index in [-0.39, 0.29) is 24.0 Å². The standard InChI is InChI=1S/C24H28N6O3/c1-17(2)14-21(24(33)26-22-9-11-28(27-22)10-5-13-31)30-23(32)15-19(16-25-30)29-12-8-18-6-3-4-7-20(18)29/h3-4,6-9,11-12,15-17,21,31H,5,10,13-14H2,1-2H3,(H,26,27,33). The predicted molar refractivity (Wildman–Crippen MR) is 126 cm³/mol. The fourth-order valence-electron chi connectivity index (χ4n) is 3.84. The van der Waals surface area contributed by atoms with Crippen molar-refractivity contribution in [2.45, 2.75) is 39.3 Å². The number of benzene rings is 1. The van der Waals surface area contributed by atoms with E-state index in [1.807, 2.05) is 54.9 Å². The van der Waals surface area contributed by atoms with Crippen molar-refractivity contribution >= 4 is 22.6 Å². The number of anilines is 1. The first kappa shape index (κ1) is 22.5. The normalized spacial score (nSPS) is 12.4. The number of aliphatic hydroxyl groups excluding tert-OH is 1. The zero-order valence-corrected chi connectivity index (χ0v) is 18.8. The van der Waals surface area contributed by atoms with E-state index in [0.29, 0.717) is 30.9 Å². The number of hydrogen-bond donors (Lipinski definition) is 2. The molecule has 0 saturated carbocycles. The summed E-state index contributed by atoms with van der Waals surface area (Å²) in [7, 11) is 0. The second kappa shape index (κ2) is 9.83. The van der Waals surface area contributed by atoms with Crippen LogP contribution >= 0.6 is 0 Å². The van der Waals surface area contributed by atoms with Gasteiger partial charge in [-0.15, -0.1) is 0 Å². The molecule has 9 nitrogen and oxygen atoms in total. The average molecular weight is 449 g/mol. The van der Waals surface area contributed by atoms with Crippen molar-refractivity contribution in [3.63, 3.8) is 0 Å². The topological polar surface area (TPSA) is 107 Å². The highest BCUT2D eigenvalue weighted by Crippen LogP contribution is 2.21. The minimum Gasteiger partial charge on any atom is -0.396 e. The highest BCUT2D eigenvalue weighted by Gasteiger charge is 2.25. The number of carbonyl (C=O) groups excluding carboxylic acids is 1. The number of rotatable bonds is 9. The lowest BCUT2D eigenvalue weighted by Gasteiger charge is -2.20. The van der Waals surface area contributed by atoms with E-state index < -0.39 is 6.04 Å². The molecule has 3 heterocycles. The molecule has 0 spiro atoms. The number of aromatic nitrogens is 5. The van der Waals surface area contributed by atoms with Gasteiger partial charge >= 0.3 is 0 Å². The van der Waals surface area contributed by atoms with Gasteiger partial charge in [-0.25, -0.2) is 4.68 Å². The van der Waals surface area contributed by atoms with Crippen LogP contribution in [0.1, 0.15) is 32.7 Å². The number of aryl methyl sites for hydroxylation is 1. The molecular weight excluding hydrogens is 420 g/mol. The van der Waals surface area contributed by atoms with Gasteiger partial charge in [0, 0.05) is 37.7 Å². The number of carbonyl (C=O) groups is 1. The first-order valence-corrected chi connectivity index (χ1v) is 11.1. The lowest BCUT2D eigenvalue weighted by Crippen LogP contribution is -2.36. The molecule has 3 aromatic heterocycles. The van der Waals surface area contributed by atoms with Crippen molar-refractivity contribution in [3.8, 4) is 5.69 Å². The summed E-state index contributed by atoms with van der Waals surface area (Å²) in [5.41, 5.74) is 1.27. The summed E-state index contributed by atoms with van der Waals surface area (Å²) in [6.07, 6.45) is 6.28. The predicted octanol–water partition coefficient (Wildman–Crippen LogP) is 2.99. The van der Waals surface area contributed by atoms with Gasteiger partial charge in [-0.2, -0.15) is 10.2 Å². The van der Waals surface area contributed by atoms with Gasteiger partial charge in [0.15, 0.2) is 5.82 Å². The summed E-state index contributed by atoms with van der Waals surface area (Å²) in [5.74, 6) is 0.227. The number of fused-ring (bicyclic) bond motifs is 1. The second-order valence-corrected chi connectivity index (χ2v) is 8.42. The number of aliphatic hydroxyl groups is 1. The third-order valence-corrected chi connectivity index (χ3v) is 5.42. The van der Waals surface area contributed by atoms with E-state index in [4.69, 9.17) is 5.11 Å². The molecule has 1 aromatic carbocycles. The van der Waals surface area contributed by atoms with Crippen LogP contribution in [0, 0.1) is 5.92 Å². The van der Waals surface area contributed by atoms with Crippen LogP contribution in [0.5, 0.6) is 0 Å². The van der Waals surface area contributed by atoms with Crippen LogP contribution in [-0.4, -0.2) is 41.7 Å². The van der Waals surface area contributed by atoms with Gasteiger partial charge in [-0.3, -0.25) is 14.3 Å². The van der Waals surface area contributed by atoms with Gasteiger partial charge in [0.25, 0.3) is 11.5 Å². The Balaban J connectivity index is 1.59. The molecular formula is C24H28N6O3. The summed E-state index contributed by atoms with van der Waals surface area (Å²) < 4.78 is 4.81. The molecule has 1 atom stereocenters. The Labute approximate surface area is 191 Å². The number of nitrogens with zero attached hydrogens (tertiary/aromatic N) is 5. The van der Waals surface area contributed by atoms with Gasteiger partial charge in [0.2, 0.25) is 0 Å². The van der Waals surface area contributed by atoms with Crippen LogP contribution in [0.4, 0.5) is 5.82 Å². The second-order valence-electron chi connectivity index (χ2n) is 8.42. The first-order valence-electron chi connectivity index (χ1n) is 11.1. The molecule has 0 radical (unpaired) electrons. The Kier molecular flexibility index (Phi) is 6.69. The molecule has 0 aliphatic heterocycles. The molecule has 0 aliphatic carbocycles. The van der Waals surface area contributed by atoms with Crippen LogP contribution in [0.3, 0.4) is 0 Å². The highest BCUT2D eigenvalue weighted by molar-refractivity contribution is 5.92. The van der Waals surface area contributed by atoms with Crippen LogP contribution in [0.2, 0.25) is 0 Å². The lowest BCUT2D eigenvalue weighted by molar-refractivity contribution is -0.120. The van der Waals surface area contributed by atoms with Crippen molar-refractivity contribution < 1.29 is 9.90 Å². The quantitative estimate of drug-likeness (QED) is 0.409. The highest BCUT2D eigenvalue weighted by atomic mass is 16.3. The molecule has 172 valence electrons. The minimum absolute atomic E-state index is 0.0708. The molecule has 0 saturated heterocycles. The van der Waals surface area contributed by atoms with E-state index in [9.17, 15) is 9.59 Å². The Morgan fingerprint density at radius 3 is 2.73 bits per heavy atom. The Morgan fingerprint density at radius 2 is 1.97 bits per heavy atom. The number of amides is 1. The molecule has 4 aromatic rings. The third-order valence-electron chi connectivity index (χ3n) is 5.42. The van der Waals surface area contributed by atoms with Gasteiger partial charge < -0.3 is 15.0 Å². The number of hydrogen-bond acceptors (Lipinski definition) is 5. The van der Waals surface area contributed by atoms with Gasteiger partial charge in [-0.05, 0) is 36.3 Å². The SMILES string of the molecule is CC(C)CC(C(=O)Nc1ccn(CCCO)n1)n1ncc(-n2ccc3ccccc32)cc1=O. The van der Waals surface area contributed by atoms with E-state index in [2.05, 4.69) is 15.5 Å². The molecule has 0 fully saturated rings. The van der Waals surface area contributed by atoms with Crippen molar-refractivity contribution in [2.24, 2.45) is 5.92 Å². The molecule has 33 heavy (non-hydrogen) atoms. The van der Waals surface area contributed by atoms with Crippen LogP contribution in [-0.2, 0) is 11.3 Å². The fourth-order valence-corrected chi connectivity index (χ4v) is 3.84. The smallest absolute Gasteiger partial charge is 0.269 e. The lowest BCUT2D eigenvalue weighted by atomic mass is 10.0. The maximum Gasteiger partial charge on any atom is 0.269 e. The largest absolute Gasteiger partial charge is 0.396 e. The van der Waals surface area contributed by atoms with Crippen LogP contribution in [0.15, 0.2) is 65.8 Å². The summed E-state index contributed by atoms with van der Waals surface area (Å²) in [5, 5.41) is 21.5. The van der Waals surface area contributed by atoms with Gasteiger partial charge in [0.1, 0.15) is 6.04 Å². The molecule has 0 bridgehead atoms. The number of nitrogens with one attached hydrogen (secondary N) is 1. The third kappa shape index (κ3) is 5.04. The molecule has 1 amide bonds. The van der Waals surface area contributed by atoms with Gasteiger partial charge in [0.05, 0.1) is 17.4 Å². The van der Waals surface area contributed by atoms with Crippen LogP contribution in [0.25, 0.3) is 16.6 Å².